The second-order valence-electron chi connectivity index (χ2n) is 5.30. The molecule has 0 aliphatic heterocycles. The first kappa shape index (κ1) is 16.0. The highest BCUT2D eigenvalue weighted by molar-refractivity contribution is 5.92. The molecule has 0 amide bonds. The fraction of sp³-hybridized carbons (Fsp3) is 0.333. The smallest absolute Gasteiger partial charge is 0.309 e. The van der Waals surface area contributed by atoms with Gasteiger partial charge in [0.05, 0.1) is 27.1 Å². The lowest BCUT2D eigenvalue weighted by atomic mass is 9.92. The second-order valence-corrected chi connectivity index (χ2v) is 5.30. The standard InChI is InChI=1S/C18H20O4/c1-11-13(9-17(19)21-3)5-8-16-12(2)14(6-7-15(11)16)10-18(20)22-4/h5-8H,9-10H2,1-4H3. The van der Waals surface area contributed by atoms with Crippen LogP contribution in [-0.4, -0.2) is 26.2 Å². The van der Waals surface area contributed by atoms with Crippen LogP contribution in [-0.2, 0) is 31.9 Å². The Morgan fingerprint density at radius 3 is 1.45 bits per heavy atom. The lowest BCUT2D eigenvalue weighted by Crippen LogP contribution is -2.07. The molecule has 4 nitrogen and oxygen atoms in total. The third-order valence-electron chi connectivity index (χ3n) is 4.09. The molecule has 0 aliphatic carbocycles. The molecule has 2 aromatic carbocycles. The minimum Gasteiger partial charge on any atom is -0.469 e. The van der Waals surface area contributed by atoms with Crippen LogP contribution >= 0.6 is 0 Å². The van der Waals surface area contributed by atoms with Gasteiger partial charge in [0.15, 0.2) is 0 Å². The van der Waals surface area contributed by atoms with E-state index in [1.54, 1.807) is 0 Å². The van der Waals surface area contributed by atoms with E-state index >= 15 is 0 Å². The predicted molar refractivity (Wildman–Crippen MR) is 84.9 cm³/mol. The molecule has 0 N–H and O–H groups in total. The summed E-state index contributed by atoms with van der Waals surface area (Å²) in [6.45, 7) is 4.00. The second kappa shape index (κ2) is 6.60. The van der Waals surface area contributed by atoms with Crippen LogP contribution in [0.25, 0.3) is 10.8 Å². The summed E-state index contributed by atoms with van der Waals surface area (Å²) in [6, 6.07) is 7.89. The zero-order valence-electron chi connectivity index (χ0n) is 13.4. The monoisotopic (exact) mass is 300 g/mol. The Hall–Kier alpha value is -2.36. The third kappa shape index (κ3) is 3.11. The number of ether oxygens (including phenoxy) is 2. The van der Waals surface area contributed by atoms with Gasteiger partial charge in [0.2, 0.25) is 0 Å². The zero-order chi connectivity index (χ0) is 16.3. The van der Waals surface area contributed by atoms with Gasteiger partial charge in [0.25, 0.3) is 0 Å². The van der Waals surface area contributed by atoms with Crippen LogP contribution in [0.2, 0.25) is 0 Å². The maximum atomic E-state index is 11.5. The van der Waals surface area contributed by atoms with Crippen molar-refractivity contribution >= 4 is 22.7 Å². The van der Waals surface area contributed by atoms with Crippen molar-refractivity contribution in [3.05, 3.63) is 46.5 Å². The van der Waals surface area contributed by atoms with E-state index in [-0.39, 0.29) is 24.8 Å². The summed E-state index contributed by atoms with van der Waals surface area (Å²) in [5.41, 5.74) is 4.05. The molecule has 2 aromatic rings. The van der Waals surface area contributed by atoms with Gasteiger partial charge < -0.3 is 9.47 Å². The Bertz CT molecular complexity index is 668. The summed E-state index contributed by atoms with van der Waals surface area (Å²) in [7, 11) is 2.78. The molecule has 0 unspecified atom stereocenters. The molecule has 0 bridgehead atoms. The van der Waals surface area contributed by atoms with E-state index < -0.39 is 0 Å². The van der Waals surface area contributed by atoms with Crippen LogP contribution in [0.3, 0.4) is 0 Å². The normalized spacial score (nSPS) is 10.5. The van der Waals surface area contributed by atoms with E-state index in [1.165, 1.54) is 14.2 Å². The van der Waals surface area contributed by atoms with E-state index in [0.717, 1.165) is 33.0 Å². The van der Waals surface area contributed by atoms with E-state index in [4.69, 9.17) is 9.47 Å². The number of aryl methyl sites for hydroxylation is 2. The molecule has 0 atom stereocenters. The van der Waals surface area contributed by atoms with E-state index in [9.17, 15) is 9.59 Å². The molecule has 0 aromatic heterocycles. The maximum Gasteiger partial charge on any atom is 0.309 e. The van der Waals surface area contributed by atoms with Gasteiger partial charge in [0.1, 0.15) is 0 Å². The largest absolute Gasteiger partial charge is 0.469 e. The molecule has 0 saturated heterocycles. The van der Waals surface area contributed by atoms with E-state index in [0.29, 0.717) is 0 Å². The lowest BCUT2D eigenvalue weighted by Gasteiger charge is -2.13. The Kier molecular flexibility index (Phi) is 4.81. The number of hydrogen-bond acceptors (Lipinski definition) is 4. The van der Waals surface area contributed by atoms with Gasteiger partial charge in [-0.15, -0.1) is 0 Å². The van der Waals surface area contributed by atoms with Crippen molar-refractivity contribution in [2.75, 3.05) is 14.2 Å². The summed E-state index contributed by atoms with van der Waals surface area (Å²) >= 11 is 0. The van der Waals surface area contributed by atoms with Gasteiger partial charge in [0, 0.05) is 0 Å². The van der Waals surface area contributed by atoms with Gasteiger partial charge in [-0.05, 0) is 46.9 Å². The van der Waals surface area contributed by atoms with Crippen LogP contribution < -0.4 is 0 Å². The van der Waals surface area contributed by atoms with Crippen molar-refractivity contribution in [3.8, 4) is 0 Å². The van der Waals surface area contributed by atoms with Gasteiger partial charge in [-0.1, -0.05) is 24.3 Å². The van der Waals surface area contributed by atoms with Gasteiger partial charge in [-0.3, -0.25) is 9.59 Å². The molecular formula is C18H20O4. The average molecular weight is 300 g/mol. The molecule has 116 valence electrons. The summed E-state index contributed by atoms with van der Waals surface area (Å²) in [5.74, 6) is -0.497. The van der Waals surface area contributed by atoms with Crippen LogP contribution in [0.4, 0.5) is 0 Å². The molecule has 0 radical (unpaired) electrons. The number of esters is 2. The Morgan fingerprint density at radius 2 is 1.14 bits per heavy atom. The Balaban J connectivity index is 2.47. The van der Waals surface area contributed by atoms with Gasteiger partial charge in [-0.25, -0.2) is 0 Å². The zero-order valence-corrected chi connectivity index (χ0v) is 13.4. The lowest BCUT2D eigenvalue weighted by molar-refractivity contribution is -0.140. The maximum absolute atomic E-state index is 11.5. The van der Waals surface area contributed by atoms with Crippen molar-refractivity contribution in [2.24, 2.45) is 0 Å². The van der Waals surface area contributed by atoms with Crippen molar-refractivity contribution in [2.45, 2.75) is 26.7 Å². The molecule has 2 rings (SSSR count). The van der Waals surface area contributed by atoms with Crippen LogP contribution in [0.1, 0.15) is 22.3 Å². The fourth-order valence-electron chi connectivity index (χ4n) is 2.64. The SMILES string of the molecule is COC(=O)Cc1ccc2c(C)c(CC(=O)OC)ccc2c1C. The highest BCUT2D eigenvalue weighted by atomic mass is 16.5. The minimum absolute atomic E-state index is 0.249. The van der Waals surface area contributed by atoms with Crippen LogP contribution in [0.15, 0.2) is 24.3 Å². The van der Waals surface area contributed by atoms with Gasteiger partial charge >= 0.3 is 11.9 Å². The van der Waals surface area contributed by atoms with E-state index in [1.807, 2.05) is 38.1 Å². The number of fused-ring (bicyclic) bond motifs is 1. The number of benzene rings is 2. The Labute approximate surface area is 130 Å². The number of methoxy groups -OCH3 is 2. The van der Waals surface area contributed by atoms with Crippen molar-refractivity contribution in [1.82, 2.24) is 0 Å². The molecule has 22 heavy (non-hydrogen) atoms. The topological polar surface area (TPSA) is 52.6 Å². The summed E-state index contributed by atoms with van der Waals surface area (Å²) in [4.78, 5) is 22.9. The number of carbonyl (C=O) groups is 2. The van der Waals surface area contributed by atoms with Crippen molar-refractivity contribution in [3.63, 3.8) is 0 Å². The fourth-order valence-corrected chi connectivity index (χ4v) is 2.64. The molecule has 0 spiro atoms. The predicted octanol–water partition coefficient (Wildman–Crippen LogP) is 2.89. The number of hydrogen-bond donors (Lipinski definition) is 0. The molecule has 0 fully saturated rings. The van der Waals surface area contributed by atoms with Crippen molar-refractivity contribution < 1.29 is 19.1 Å². The first-order chi connectivity index (χ1) is 10.5. The molecular weight excluding hydrogens is 280 g/mol. The van der Waals surface area contributed by atoms with Gasteiger partial charge in [-0.2, -0.15) is 0 Å². The first-order valence-electron chi connectivity index (χ1n) is 7.12. The summed E-state index contributed by atoms with van der Waals surface area (Å²) in [5, 5.41) is 2.18. The minimum atomic E-state index is -0.249. The third-order valence-corrected chi connectivity index (χ3v) is 4.09. The molecule has 0 aliphatic rings. The van der Waals surface area contributed by atoms with Crippen molar-refractivity contribution in [1.29, 1.82) is 0 Å². The number of carbonyl (C=O) groups excluding carboxylic acids is 2. The van der Waals surface area contributed by atoms with E-state index in [2.05, 4.69) is 0 Å². The average Bonchev–Trinajstić information content (AvgIpc) is 2.52. The number of rotatable bonds is 4. The summed E-state index contributed by atoms with van der Waals surface area (Å²) < 4.78 is 9.46. The molecule has 0 saturated carbocycles. The van der Waals surface area contributed by atoms with Crippen LogP contribution in [0, 0.1) is 13.8 Å². The summed E-state index contributed by atoms with van der Waals surface area (Å²) in [6.07, 6.45) is 0.530. The molecule has 0 heterocycles. The first-order valence-corrected chi connectivity index (χ1v) is 7.12. The Morgan fingerprint density at radius 1 is 0.773 bits per heavy atom. The molecule has 4 heteroatoms. The van der Waals surface area contributed by atoms with Crippen LogP contribution in [0.5, 0.6) is 0 Å². The highest BCUT2D eigenvalue weighted by Crippen LogP contribution is 2.27. The quantitative estimate of drug-likeness (QED) is 0.815. The highest BCUT2D eigenvalue weighted by Gasteiger charge is 2.12.